The molecule has 2 aliphatic heterocycles. The summed E-state index contributed by atoms with van der Waals surface area (Å²) in [6, 6.07) is 0. The van der Waals surface area contributed by atoms with E-state index in [0.29, 0.717) is 29.8 Å². The second kappa shape index (κ2) is 11.0. The maximum absolute atomic E-state index is 12.4. The SMILES string of the molecule is C=C1CCCN1CC(=O)Nc1nnc([C@H]2CCC[C@H](c3nnc(NC(=O)CN4CCCC4=O)s3)C2)s1. The van der Waals surface area contributed by atoms with Crippen LogP contribution >= 0.6 is 22.7 Å². The van der Waals surface area contributed by atoms with E-state index in [4.69, 9.17) is 0 Å². The molecule has 192 valence electrons. The topological polar surface area (TPSA) is 133 Å². The average molecular weight is 531 g/mol. The van der Waals surface area contributed by atoms with E-state index < -0.39 is 0 Å². The molecule has 5 rings (SSSR count). The Bertz CT molecular complexity index is 1060. The van der Waals surface area contributed by atoms with Crippen molar-refractivity contribution in [3.05, 3.63) is 22.3 Å². The highest BCUT2D eigenvalue weighted by molar-refractivity contribution is 7.15. The van der Waals surface area contributed by atoms with Crippen molar-refractivity contribution in [2.75, 3.05) is 36.8 Å². The summed E-state index contributed by atoms with van der Waals surface area (Å²) in [6.45, 7) is 5.86. The second-order valence-electron chi connectivity index (χ2n) is 9.56. The third-order valence-corrected chi connectivity index (χ3v) is 8.93. The minimum Gasteiger partial charge on any atom is -0.366 e. The Morgan fingerprint density at radius 1 is 0.833 bits per heavy atom. The predicted octanol–water partition coefficient (Wildman–Crippen LogP) is 2.94. The fourth-order valence-corrected chi connectivity index (χ4v) is 6.87. The summed E-state index contributed by atoms with van der Waals surface area (Å²) < 4.78 is 0. The van der Waals surface area contributed by atoms with Crippen LogP contribution in [0.15, 0.2) is 12.3 Å². The number of likely N-dealkylation sites (tertiary alicyclic amines) is 2. The monoisotopic (exact) mass is 530 g/mol. The Labute approximate surface area is 217 Å². The molecule has 2 atom stereocenters. The number of hydrogen-bond donors (Lipinski definition) is 2. The molecule has 2 saturated heterocycles. The van der Waals surface area contributed by atoms with E-state index in [2.05, 4.69) is 37.6 Å². The van der Waals surface area contributed by atoms with Gasteiger partial charge in [0.25, 0.3) is 0 Å². The number of hydrogen-bond acceptors (Lipinski definition) is 10. The quantitative estimate of drug-likeness (QED) is 0.532. The molecule has 0 radical (unpaired) electrons. The maximum Gasteiger partial charge on any atom is 0.245 e. The zero-order valence-electron chi connectivity index (χ0n) is 20.1. The first-order valence-corrected chi connectivity index (χ1v) is 14.0. The van der Waals surface area contributed by atoms with E-state index in [0.717, 1.165) is 67.2 Å². The zero-order valence-corrected chi connectivity index (χ0v) is 21.7. The zero-order chi connectivity index (χ0) is 25.1. The van der Waals surface area contributed by atoms with Crippen molar-refractivity contribution in [3.63, 3.8) is 0 Å². The third-order valence-electron chi connectivity index (χ3n) is 6.93. The molecule has 1 saturated carbocycles. The van der Waals surface area contributed by atoms with Crippen LogP contribution in [0, 0.1) is 0 Å². The molecule has 3 aliphatic rings. The Morgan fingerprint density at radius 2 is 1.39 bits per heavy atom. The van der Waals surface area contributed by atoms with Crippen LogP contribution in [-0.2, 0) is 14.4 Å². The van der Waals surface area contributed by atoms with Crippen LogP contribution in [0.2, 0.25) is 0 Å². The molecule has 11 nitrogen and oxygen atoms in total. The van der Waals surface area contributed by atoms with Crippen LogP contribution in [0.3, 0.4) is 0 Å². The van der Waals surface area contributed by atoms with Gasteiger partial charge in [-0.3, -0.25) is 25.0 Å². The van der Waals surface area contributed by atoms with Gasteiger partial charge in [-0.15, -0.1) is 20.4 Å². The molecule has 0 bridgehead atoms. The van der Waals surface area contributed by atoms with Crippen LogP contribution in [0.5, 0.6) is 0 Å². The van der Waals surface area contributed by atoms with Crippen LogP contribution in [0.25, 0.3) is 0 Å². The molecular weight excluding hydrogens is 500 g/mol. The summed E-state index contributed by atoms with van der Waals surface area (Å²) >= 11 is 2.83. The number of amides is 3. The summed E-state index contributed by atoms with van der Waals surface area (Å²) in [5.41, 5.74) is 1.01. The van der Waals surface area contributed by atoms with Crippen LogP contribution in [0.4, 0.5) is 10.3 Å². The highest BCUT2D eigenvalue weighted by Crippen LogP contribution is 2.43. The molecule has 2 N–H and O–H groups in total. The second-order valence-corrected chi connectivity index (χ2v) is 11.6. The van der Waals surface area contributed by atoms with Gasteiger partial charge in [0.05, 0.1) is 13.1 Å². The first-order valence-electron chi connectivity index (χ1n) is 12.4. The normalized spacial score (nSPS) is 22.3. The van der Waals surface area contributed by atoms with Crippen molar-refractivity contribution in [2.24, 2.45) is 0 Å². The van der Waals surface area contributed by atoms with Gasteiger partial charge in [0, 0.05) is 37.0 Å². The Morgan fingerprint density at radius 3 is 1.92 bits per heavy atom. The number of aromatic nitrogens is 4. The van der Waals surface area contributed by atoms with Crippen LogP contribution in [0.1, 0.15) is 73.2 Å². The molecule has 13 heteroatoms. The maximum atomic E-state index is 12.4. The molecule has 0 aromatic carbocycles. The number of carbonyl (C=O) groups excluding carboxylic acids is 3. The van der Waals surface area contributed by atoms with Crippen molar-refractivity contribution in [3.8, 4) is 0 Å². The van der Waals surface area contributed by atoms with E-state index in [-0.39, 0.29) is 36.1 Å². The van der Waals surface area contributed by atoms with Crippen LogP contribution in [-0.4, -0.2) is 74.1 Å². The highest BCUT2D eigenvalue weighted by atomic mass is 32.1. The van der Waals surface area contributed by atoms with Crippen molar-refractivity contribution in [1.29, 1.82) is 0 Å². The molecule has 0 spiro atoms. The van der Waals surface area contributed by atoms with Gasteiger partial charge in [0.1, 0.15) is 10.0 Å². The van der Waals surface area contributed by atoms with Gasteiger partial charge in [0.2, 0.25) is 28.0 Å². The summed E-state index contributed by atoms with van der Waals surface area (Å²) in [6.07, 6.45) is 7.22. The largest absolute Gasteiger partial charge is 0.366 e. The van der Waals surface area contributed by atoms with Gasteiger partial charge < -0.3 is 9.80 Å². The van der Waals surface area contributed by atoms with Gasteiger partial charge in [-0.2, -0.15) is 0 Å². The van der Waals surface area contributed by atoms with Gasteiger partial charge in [-0.05, 0) is 38.5 Å². The summed E-state index contributed by atoms with van der Waals surface area (Å²) in [7, 11) is 0. The smallest absolute Gasteiger partial charge is 0.245 e. The summed E-state index contributed by atoms with van der Waals surface area (Å²) in [4.78, 5) is 40.0. The van der Waals surface area contributed by atoms with Gasteiger partial charge in [-0.1, -0.05) is 35.7 Å². The van der Waals surface area contributed by atoms with Gasteiger partial charge >= 0.3 is 0 Å². The third kappa shape index (κ3) is 5.89. The lowest BCUT2D eigenvalue weighted by atomic mass is 9.82. The fourth-order valence-electron chi connectivity index (χ4n) is 5.06. The van der Waals surface area contributed by atoms with E-state index in [1.54, 1.807) is 4.90 Å². The first-order chi connectivity index (χ1) is 17.4. The van der Waals surface area contributed by atoms with E-state index in [1.807, 2.05) is 4.90 Å². The molecule has 1 aliphatic carbocycles. The number of carbonyl (C=O) groups is 3. The Balaban J connectivity index is 1.13. The van der Waals surface area contributed by atoms with Crippen molar-refractivity contribution < 1.29 is 14.4 Å². The lowest BCUT2D eigenvalue weighted by Crippen LogP contribution is -2.33. The lowest BCUT2D eigenvalue weighted by molar-refractivity contribution is -0.131. The fraction of sp³-hybridized carbons (Fsp3) is 0.609. The van der Waals surface area contributed by atoms with E-state index in [9.17, 15) is 14.4 Å². The average Bonchev–Trinajstić information content (AvgIpc) is 3.66. The number of rotatable bonds is 8. The number of nitrogens with one attached hydrogen (secondary N) is 2. The molecule has 3 fully saturated rings. The van der Waals surface area contributed by atoms with Gasteiger partial charge in [0.15, 0.2) is 0 Å². The summed E-state index contributed by atoms with van der Waals surface area (Å²) in [5, 5.41) is 25.5. The molecule has 36 heavy (non-hydrogen) atoms. The number of allylic oxidation sites excluding steroid dienone is 1. The number of nitrogens with zero attached hydrogens (tertiary/aromatic N) is 6. The predicted molar refractivity (Wildman–Crippen MR) is 137 cm³/mol. The molecule has 2 aromatic rings. The minimum absolute atomic E-state index is 0.0215. The lowest BCUT2D eigenvalue weighted by Gasteiger charge is -2.25. The molecule has 0 unspecified atom stereocenters. The molecule has 3 amide bonds. The minimum atomic E-state index is -0.244. The van der Waals surface area contributed by atoms with E-state index in [1.165, 1.54) is 22.7 Å². The molecular formula is C23H30N8O3S2. The Kier molecular flexibility index (Phi) is 7.56. The van der Waals surface area contributed by atoms with Crippen LogP contribution < -0.4 is 10.6 Å². The van der Waals surface area contributed by atoms with E-state index >= 15 is 0 Å². The van der Waals surface area contributed by atoms with Gasteiger partial charge in [-0.25, -0.2) is 0 Å². The number of anilines is 2. The standard InChI is InChI=1S/C23H30N8O3S2/c1-14-5-3-9-30(14)12-17(32)24-22-28-26-20(35-22)15-6-2-7-16(11-15)21-27-29-23(36-21)25-18(33)13-31-10-4-8-19(31)34/h15-16H,1-13H2,(H,24,28,32)(H,25,29,33)/t15-,16-/m0/s1. The van der Waals surface area contributed by atoms with Crippen molar-refractivity contribution in [1.82, 2.24) is 30.2 Å². The van der Waals surface area contributed by atoms with Crippen molar-refractivity contribution >= 4 is 50.7 Å². The molecule has 2 aromatic heterocycles. The summed E-state index contributed by atoms with van der Waals surface area (Å²) in [5.74, 6) is 0.156. The molecule has 4 heterocycles. The Hall–Kier alpha value is -2.93. The first kappa shape index (κ1) is 24.8. The van der Waals surface area contributed by atoms with Crippen molar-refractivity contribution in [2.45, 2.75) is 63.2 Å². The highest BCUT2D eigenvalue weighted by Gasteiger charge is 2.30.